The second kappa shape index (κ2) is 10.5. The molecule has 0 aliphatic carbocycles. The topological polar surface area (TPSA) is 85.6 Å². The monoisotopic (exact) mass is 516 g/mol. The van der Waals surface area contributed by atoms with E-state index in [2.05, 4.69) is 25.6 Å². The van der Waals surface area contributed by atoms with Crippen LogP contribution in [0.4, 0.5) is 4.39 Å². The SMILES string of the molecule is Cc1cc(C)nc(SCc2c(C(=O)NCc3ccc(F)cc3)nnn2-c2cc(Cl)cc(Cl)c2)n1. The maximum atomic E-state index is 13.2. The van der Waals surface area contributed by atoms with Crippen LogP contribution in [0.5, 0.6) is 0 Å². The third-order valence-electron chi connectivity index (χ3n) is 4.74. The minimum atomic E-state index is -0.416. The van der Waals surface area contributed by atoms with Crippen LogP contribution in [0.1, 0.15) is 33.1 Å². The van der Waals surface area contributed by atoms with Crippen molar-refractivity contribution in [3.05, 3.63) is 92.7 Å². The fraction of sp³-hybridized carbons (Fsp3) is 0.174. The van der Waals surface area contributed by atoms with Gasteiger partial charge in [-0.05, 0) is 55.8 Å². The van der Waals surface area contributed by atoms with Crippen LogP contribution in [0.25, 0.3) is 5.69 Å². The Morgan fingerprint density at radius 3 is 2.32 bits per heavy atom. The Morgan fingerprint density at radius 2 is 1.68 bits per heavy atom. The minimum Gasteiger partial charge on any atom is -0.347 e. The first kappa shape index (κ1) is 24.1. The largest absolute Gasteiger partial charge is 0.347 e. The first-order chi connectivity index (χ1) is 16.3. The van der Waals surface area contributed by atoms with Crippen LogP contribution in [0, 0.1) is 19.7 Å². The molecule has 0 radical (unpaired) electrons. The molecule has 0 saturated heterocycles. The zero-order valence-electron chi connectivity index (χ0n) is 18.2. The van der Waals surface area contributed by atoms with Crippen molar-refractivity contribution in [1.82, 2.24) is 30.3 Å². The highest BCUT2D eigenvalue weighted by Crippen LogP contribution is 2.27. The number of halogens is 3. The van der Waals surface area contributed by atoms with Crippen LogP contribution in [-0.4, -0.2) is 30.9 Å². The summed E-state index contributed by atoms with van der Waals surface area (Å²) in [5.74, 6) is -0.439. The van der Waals surface area contributed by atoms with Crippen molar-refractivity contribution in [3.8, 4) is 5.69 Å². The van der Waals surface area contributed by atoms with E-state index in [0.29, 0.717) is 32.3 Å². The third kappa shape index (κ3) is 5.91. The van der Waals surface area contributed by atoms with Crippen LogP contribution in [0.3, 0.4) is 0 Å². The second-order valence-corrected chi connectivity index (χ2v) is 9.27. The van der Waals surface area contributed by atoms with Gasteiger partial charge in [0.2, 0.25) is 0 Å². The number of aryl methyl sites for hydroxylation is 2. The molecule has 7 nitrogen and oxygen atoms in total. The van der Waals surface area contributed by atoms with Gasteiger partial charge in [-0.3, -0.25) is 4.79 Å². The first-order valence-corrected chi connectivity index (χ1v) is 11.9. The van der Waals surface area contributed by atoms with Gasteiger partial charge in [0.15, 0.2) is 10.9 Å². The number of nitrogens with zero attached hydrogens (tertiary/aromatic N) is 5. The zero-order chi connectivity index (χ0) is 24.2. The summed E-state index contributed by atoms with van der Waals surface area (Å²) in [5.41, 5.74) is 3.70. The van der Waals surface area contributed by atoms with Crippen molar-refractivity contribution in [2.75, 3.05) is 0 Å². The lowest BCUT2D eigenvalue weighted by atomic mass is 10.2. The van der Waals surface area contributed by atoms with Crippen molar-refractivity contribution >= 4 is 40.9 Å². The van der Waals surface area contributed by atoms with Crippen molar-refractivity contribution in [3.63, 3.8) is 0 Å². The normalized spacial score (nSPS) is 11.0. The third-order valence-corrected chi connectivity index (χ3v) is 6.03. The Kier molecular flexibility index (Phi) is 7.45. The lowest BCUT2D eigenvalue weighted by Crippen LogP contribution is -2.24. The lowest BCUT2D eigenvalue weighted by molar-refractivity contribution is 0.0945. The number of carbonyl (C=O) groups excluding carboxylic acids is 1. The number of amides is 1. The number of hydrogen-bond acceptors (Lipinski definition) is 6. The summed E-state index contributed by atoms with van der Waals surface area (Å²) in [6.07, 6.45) is 0. The molecule has 2 aromatic carbocycles. The van der Waals surface area contributed by atoms with Gasteiger partial charge >= 0.3 is 0 Å². The van der Waals surface area contributed by atoms with Crippen molar-refractivity contribution in [1.29, 1.82) is 0 Å². The van der Waals surface area contributed by atoms with E-state index in [1.165, 1.54) is 28.6 Å². The Bertz CT molecular complexity index is 1310. The summed E-state index contributed by atoms with van der Waals surface area (Å²) in [7, 11) is 0. The summed E-state index contributed by atoms with van der Waals surface area (Å²) >= 11 is 13.7. The van der Waals surface area contributed by atoms with E-state index in [0.717, 1.165) is 17.0 Å². The van der Waals surface area contributed by atoms with Gasteiger partial charge in [0.05, 0.1) is 11.4 Å². The van der Waals surface area contributed by atoms with Gasteiger partial charge in [-0.2, -0.15) is 0 Å². The molecule has 2 aromatic heterocycles. The molecule has 0 atom stereocenters. The Balaban J connectivity index is 1.64. The molecular formula is C23H19Cl2FN6OS. The summed E-state index contributed by atoms with van der Waals surface area (Å²) in [6.45, 7) is 4.00. The molecule has 4 aromatic rings. The number of thioether (sulfide) groups is 1. The van der Waals surface area contributed by atoms with Gasteiger partial charge in [0.1, 0.15) is 5.82 Å². The molecule has 34 heavy (non-hydrogen) atoms. The predicted molar refractivity (Wildman–Crippen MR) is 130 cm³/mol. The molecule has 0 saturated carbocycles. The molecule has 4 rings (SSSR count). The van der Waals surface area contributed by atoms with Crippen LogP contribution < -0.4 is 5.32 Å². The molecule has 0 aliphatic heterocycles. The van der Waals surface area contributed by atoms with E-state index in [1.54, 1.807) is 30.3 Å². The number of aromatic nitrogens is 5. The van der Waals surface area contributed by atoms with Crippen LogP contribution >= 0.6 is 35.0 Å². The van der Waals surface area contributed by atoms with Crippen molar-refractivity contribution in [2.24, 2.45) is 0 Å². The highest BCUT2D eigenvalue weighted by molar-refractivity contribution is 7.98. The smallest absolute Gasteiger partial charge is 0.274 e. The fourth-order valence-corrected chi connectivity index (χ4v) is 4.69. The molecule has 2 heterocycles. The van der Waals surface area contributed by atoms with Crippen LogP contribution in [-0.2, 0) is 12.3 Å². The quantitative estimate of drug-likeness (QED) is 0.263. The highest BCUT2D eigenvalue weighted by atomic mass is 35.5. The van der Waals surface area contributed by atoms with E-state index in [9.17, 15) is 9.18 Å². The highest BCUT2D eigenvalue weighted by Gasteiger charge is 2.22. The number of benzene rings is 2. The average Bonchev–Trinajstić information content (AvgIpc) is 3.20. The van der Waals surface area contributed by atoms with Crippen molar-refractivity contribution in [2.45, 2.75) is 31.3 Å². The van der Waals surface area contributed by atoms with Gasteiger partial charge in [-0.1, -0.05) is 52.3 Å². The average molecular weight is 517 g/mol. The second-order valence-electron chi connectivity index (χ2n) is 7.46. The van der Waals surface area contributed by atoms with E-state index in [4.69, 9.17) is 23.2 Å². The molecule has 0 unspecified atom stereocenters. The van der Waals surface area contributed by atoms with E-state index >= 15 is 0 Å². The Morgan fingerprint density at radius 1 is 1.03 bits per heavy atom. The summed E-state index contributed by atoms with van der Waals surface area (Å²) in [5, 5.41) is 12.6. The van der Waals surface area contributed by atoms with Crippen LogP contribution in [0.2, 0.25) is 10.0 Å². The molecule has 1 N–H and O–H groups in total. The van der Waals surface area contributed by atoms with Gasteiger partial charge in [-0.15, -0.1) is 5.10 Å². The molecule has 0 spiro atoms. The summed E-state index contributed by atoms with van der Waals surface area (Å²) in [4.78, 5) is 21.9. The van der Waals surface area contributed by atoms with Gasteiger partial charge in [0, 0.05) is 33.7 Å². The zero-order valence-corrected chi connectivity index (χ0v) is 20.5. The number of rotatable bonds is 7. The first-order valence-electron chi connectivity index (χ1n) is 10.2. The maximum absolute atomic E-state index is 13.2. The molecular weight excluding hydrogens is 498 g/mol. The van der Waals surface area contributed by atoms with E-state index < -0.39 is 5.91 Å². The van der Waals surface area contributed by atoms with Gasteiger partial charge in [-0.25, -0.2) is 19.0 Å². The standard InChI is InChI=1S/C23H19Cl2FN6OS/c1-13-7-14(2)29-23(28-13)34-12-20-21(22(33)27-11-15-3-5-18(26)6-4-15)30-31-32(20)19-9-16(24)8-17(25)10-19/h3-10H,11-12H2,1-2H3,(H,27,33). The van der Waals surface area contributed by atoms with Crippen LogP contribution in [0.15, 0.2) is 53.7 Å². The van der Waals surface area contributed by atoms with Gasteiger partial charge in [0.25, 0.3) is 5.91 Å². The summed E-state index contributed by atoms with van der Waals surface area (Å²) < 4.78 is 14.7. The molecule has 1 amide bonds. The molecule has 0 aliphatic rings. The van der Waals surface area contributed by atoms with Gasteiger partial charge < -0.3 is 5.32 Å². The molecule has 0 fully saturated rings. The molecule has 0 bridgehead atoms. The van der Waals surface area contributed by atoms with E-state index in [1.807, 2.05) is 19.9 Å². The Hall–Kier alpha value is -3.01. The lowest BCUT2D eigenvalue weighted by Gasteiger charge is -2.10. The predicted octanol–water partition coefficient (Wildman–Crippen LogP) is 5.34. The Labute approximate surface area is 209 Å². The fourth-order valence-electron chi connectivity index (χ4n) is 3.24. The minimum absolute atomic E-state index is 0.148. The maximum Gasteiger partial charge on any atom is 0.274 e. The van der Waals surface area contributed by atoms with Crippen molar-refractivity contribution < 1.29 is 9.18 Å². The number of nitrogens with one attached hydrogen (secondary N) is 1. The number of carbonyl (C=O) groups is 1. The molecule has 11 heteroatoms. The summed E-state index contributed by atoms with van der Waals surface area (Å²) in [6, 6.07) is 12.8. The number of hydrogen-bond donors (Lipinski definition) is 1. The van der Waals surface area contributed by atoms with E-state index in [-0.39, 0.29) is 18.1 Å². The molecule has 174 valence electrons.